The Morgan fingerprint density at radius 1 is 1.50 bits per heavy atom. The van der Waals surface area contributed by atoms with E-state index in [2.05, 4.69) is 25.7 Å². The molecule has 0 aliphatic carbocycles. The summed E-state index contributed by atoms with van der Waals surface area (Å²) < 4.78 is 5.29. The van der Waals surface area contributed by atoms with Gasteiger partial charge in [0.1, 0.15) is 5.69 Å². The lowest BCUT2D eigenvalue weighted by molar-refractivity contribution is -0.384. The first-order valence-corrected chi connectivity index (χ1v) is 7.86. The van der Waals surface area contributed by atoms with Crippen LogP contribution in [-0.2, 0) is 6.42 Å². The normalized spacial score (nSPS) is 18.5. The zero-order valence-electron chi connectivity index (χ0n) is 13.4. The van der Waals surface area contributed by atoms with Crippen LogP contribution in [0.4, 0.5) is 11.4 Å². The Morgan fingerprint density at radius 2 is 2.33 bits per heavy atom. The Balaban J connectivity index is 1.57. The number of aromatic nitrogens is 2. The molecule has 1 unspecified atom stereocenters. The molecule has 1 aliphatic rings. The molecule has 0 saturated carbocycles. The highest BCUT2D eigenvalue weighted by Gasteiger charge is 2.25. The molecule has 0 radical (unpaired) electrons. The lowest BCUT2D eigenvalue weighted by atomic mass is 10.2. The van der Waals surface area contributed by atoms with Crippen molar-refractivity contribution in [2.24, 2.45) is 0 Å². The minimum atomic E-state index is -0.404. The summed E-state index contributed by atoms with van der Waals surface area (Å²) in [7, 11) is 2.04. The van der Waals surface area contributed by atoms with Crippen LogP contribution in [0.25, 0.3) is 0 Å². The van der Waals surface area contributed by atoms with Crippen LogP contribution in [0.3, 0.4) is 0 Å². The van der Waals surface area contributed by atoms with Gasteiger partial charge in [0, 0.05) is 38.7 Å². The molecule has 0 amide bonds. The molecule has 0 spiro atoms. The fraction of sp³-hybridized carbons (Fsp3) is 0.467. The molecule has 128 valence electrons. The SMILES string of the molecule is CN1CCNCC1c1noc(CCNc2ccccc2[N+](=O)[O-])n1. The number of piperazine rings is 1. The highest BCUT2D eigenvalue weighted by molar-refractivity contribution is 5.61. The van der Waals surface area contributed by atoms with Crippen molar-refractivity contribution in [3.8, 4) is 0 Å². The number of nitro benzene ring substituents is 1. The molecule has 3 rings (SSSR count). The molecular formula is C15H20N6O3. The molecule has 24 heavy (non-hydrogen) atoms. The summed E-state index contributed by atoms with van der Waals surface area (Å²) in [6.45, 7) is 3.17. The van der Waals surface area contributed by atoms with E-state index in [-0.39, 0.29) is 11.7 Å². The van der Waals surface area contributed by atoms with Gasteiger partial charge in [0.15, 0.2) is 5.82 Å². The number of para-hydroxylation sites is 2. The van der Waals surface area contributed by atoms with Crippen molar-refractivity contribution in [1.29, 1.82) is 0 Å². The first-order chi connectivity index (χ1) is 11.6. The van der Waals surface area contributed by atoms with E-state index < -0.39 is 4.92 Å². The van der Waals surface area contributed by atoms with Crippen molar-refractivity contribution >= 4 is 11.4 Å². The number of hydrogen-bond donors (Lipinski definition) is 2. The Hall–Kier alpha value is -2.52. The van der Waals surface area contributed by atoms with E-state index in [1.165, 1.54) is 6.07 Å². The van der Waals surface area contributed by atoms with Crippen LogP contribution in [0.2, 0.25) is 0 Å². The van der Waals surface area contributed by atoms with Crippen molar-refractivity contribution in [3.05, 3.63) is 46.1 Å². The quantitative estimate of drug-likeness (QED) is 0.600. The van der Waals surface area contributed by atoms with E-state index in [1.807, 2.05) is 7.05 Å². The average Bonchev–Trinajstić information content (AvgIpc) is 3.04. The fourth-order valence-electron chi connectivity index (χ4n) is 2.69. The molecule has 1 aromatic carbocycles. The van der Waals surface area contributed by atoms with Crippen molar-refractivity contribution in [3.63, 3.8) is 0 Å². The summed E-state index contributed by atoms with van der Waals surface area (Å²) in [6, 6.07) is 6.66. The van der Waals surface area contributed by atoms with Crippen LogP contribution < -0.4 is 10.6 Å². The number of nitrogens with one attached hydrogen (secondary N) is 2. The maximum atomic E-state index is 11.0. The second kappa shape index (κ2) is 7.37. The Labute approximate surface area is 139 Å². The van der Waals surface area contributed by atoms with Gasteiger partial charge in [-0.25, -0.2) is 0 Å². The third-order valence-corrected chi connectivity index (χ3v) is 4.05. The van der Waals surface area contributed by atoms with Gasteiger partial charge in [-0.05, 0) is 13.1 Å². The fourth-order valence-corrected chi connectivity index (χ4v) is 2.69. The van der Waals surface area contributed by atoms with Gasteiger partial charge in [0.25, 0.3) is 5.69 Å². The number of nitrogens with zero attached hydrogens (tertiary/aromatic N) is 4. The standard InChI is InChI=1S/C15H20N6O3/c1-20-9-8-16-10-13(20)15-18-14(24-19-15)6-7-17-11-4-2-3-5-12(11)21(22)23/h2-5,13,16-17H,6-10H2,1H3. The maximum absolute atomic E-state index is 11.0. The predicted molar refractivity (Wildman–Crippen MR) is 87.8 cm³/mol. The van der Waals surface area contributed by atoms with Gasteiger partial charge in [0.2, 0.25) is 5.89 Å². The third-order valence-electron chi connectivity index (χ3n) is 4.05. The molecule has 1 fully saturated rings. The highest BCUT2D eigenvalue weighted by Crippen LogP contribution is 2.23. The molecule has 1 atom stereocenters. The summed E-state index contributed by atoms with van der Waals surface area (Å²) in [4.78, 5) is 17.2. The molecule has 2 heterocycles. The summed E-state index contributed by atoms with van der Waals surface area (Å²) in [5.41, 5.74) is 0.539. The van der Waals surface area contributed by atoms with Gasteiger partial charge in [-0.2, -0.15) is 4.98 Å². The zero-order chi connectivity index (χ0) is 16.9. The minimum absolute atomic E-state index is 0.0543. The molecule has 0 bridgehead atoms. The number of benzene rings is 1. The van der Waals surface area contributed by atoms with Crippen molar-refractivity contribution in [2.45, 2.75) is 12.5 Å². The van der Waals surface area contributed by atoms with Crippen molar-refractivity contribution in [2.75, 3.05) is 38.5 Å². The number of hydrogen-bond acceptors (Lipinski definition) is 8. The van der Waals surface area contributed by atoms with Gasteiger partial charge >= 0.3 is 0 Å². The molecule has 1 saturated heterocycles. The van der Waals surface area contributed by atoms with Crippen LogP contribution in [0, 0.1) is 10.1 Å². The summed E-state index contributed by atoms with van der Waals surface area (Å²) in [6.07, 6.45) is 0.503. The van der Waals surface area contributed by atoms with Crippen LogP contribution in [0.1, 0.15) is 17.8 Å². The van der Waals surface area contributed by atoms with Crippen molar-refractivity contribution < 1.29 is 9.45 Å². The number of anilines is 1. The second-order valence-corrected chi connectivity index (χ2v) is 5.70. The first kappa shape index (κ1) is 16.3. The average molecular weight is 332 g/mol. The van der Waals surface area contributed by atoms with Gasteiger partial charge in [-0.1, -0.05) is 17.3 Å². The molecule has 1 aliphatic heterocycles. The van der Waals surface area contributed by atoms with E-state index in [4.69, 9.17) is 4.52 Å². The molecule has 2 N–H and O–H groups in total. The summed E-state index contributed by atoms with van der Waals surface area (Å²) in [5.74, 6) is 1.19. The molecule has 9 heteroatoms. The minimum Gasteiger partial charge on any atom is -0.379 e. The van der Waals surface area contributed by atoms with E-state index in [1.54, 1.807) is 18.2 Å². The van der Waals surface area contributed by atoms with Gasteiger partial charge in [0.05, 0.1) is 11.0 Å². The van der Waals surface area contributed by atoms with E-state index in [0.717, 1.165) is 19.6 Å². The van der Waals surface area contributed by atoms with Crippen LogP contribution >= 0.6 is 0 Å². The second-order valence-electron chi connectivity index (χ2n) is 5.70. The summed E-state index contributed by atoms with van der Waals surface area (Å²) in [5, 5.41) is 21.4. The van der Waals surface area contributed by atoms with Crippen LogP contribution in [-0.4, -0.2) is 53.2 Å². The Bertz CT molecular complexity index is 704. The van der Waals surface area contributed by atoms with E-state index in [9.17, 15) is 10.1 Å². The number of nitro groups is 1. The monoisotopic (exact) mass is 332 g/mol. The topological polar surface area (TPSA) is 109 Å². The zero-order valence-corrected chi connectivity index (χ0v) is 13.4. The number of rotatable bonds is 6. The van der Waals surface area contributed by atoms with Gasteiger partial charge in [-0.15, -0.1) is 0 Å². The smallest absolute Gasteiger partial charge is 0.292 e. The van der Waals surface area contributed by atoms with Crippen LogP contribution in [0.15, 0.2) is 28.8 Å². The Kier molecular flexibility index (Phi) is 5.02. The Morgan fingerprint density at radius 3 is 3.12 bits per heavy atom. The lowest BCUT2D eigenvalue weighted by Crippen LogP contribution is -2.44. The van der Waals surface area contributed by atoms with Gasteiger partial charge < -0.3 is 15.2 Å². The predicted octanol–water partition coefficient (Wildman–Crippen LogP) is 1.21. The first-order valence-electron chi connectivity index (χ1n) is 7.86. The highest BCUT2D eigenvalue weighted by atomic mass is 16.6. The molecular weight excluding hydrogens is 312 g/mol. The molecule has 1 aromatic heterocycles. The lowest BCUT2D eigenvalue weighted by Gasteiger charge is -2.30. The molecule has 2 aromatic rings. The molecule has 9 nitrogen and oxygen atoms in total. The maximum Gasteiger partial charge on any atom is 0.292 e. The largest absolute Gasteiger partial charge is 0.379 e. The van der Waals surface area contributed by atoms with Gasteiger partial charge in [-0.3, -0.25) is 15.0 Å². The van der Waals surface area contributed by atoms with Crippen LogP contribution in [0.5, 0.6) is 0 Å². The number of likely N-dealkylation sites (N-methyl/N-ethyl adjacent to an activating group) is 1. The third kappa shape index (κ3) is 3.69. The summed E-state index contributed by atoms with van der Waals surface area (Å²) >= 11 is 0. The van der Waals surface area contributed by atoms with E-state index in [0.29, 0.717) is 30.4 Å². The van der Waals surface area contributed by atoms with E-state index >= 15 is 0 Å². The van der Waals surface area contributed by atoms with Crippen molar-refractivity contribution in [1.82, 2.24) is 20.4 Å².